The molecule has 0 radical (unpaired) electrons. The Morgan fingerprint density at radius 1 is 1.37 bits per heavy atom. The summed E-state index contributed by atoms with van der Waals surface area (Å²) in [4.78, 5) is 22.5. The van der Waals surface area contributed by atoms with Crippen LogP contribution in [0.3, 0.4) is 0 Å². The number of carboxylic acids is 1. The van der Waals surface area contributed by atoms with Crippen molar-refractivity contribution in [1.29, 1.82) is 0 Å². The summed E-state index contributed by atoms with van der Waals surface area (Å²) >= 11 is 0. The van der Waals surface area contributed by atoms with Gasteiger partial charge in [-0.1, -0.05) is 31.8 Å². The molecule has 0 spiro atoms. The number of allylic oxidation sites excluding steroid dienone is 1. The van der Waals surface area contributed by atoms with E-state index in [-0.39, 0.29) is 36.2 Å². The molecule has 0 saturated carbocycles. The van der Waals surface area contributed by atoms with Crippen LogP contribution in [-0.4, -0.2) is 31.2 Å². The maximum absolute atomic E-state index is 11.6. The zero-order valence-electron chi connectivity index (χ0n) is 11.8. The van der Waals surface area contributed by atoms with Gasteiger partial charge in [-0.2, -0.15) is 0 Å². The predicted molar refractivity (Wildman–Crippen MR) is 74.5 cm³/mol. The predicted octanol–water partition coefficient (Wildman–Crippen LogP) is 2.53. The minimum absolute atomic E-state index is 0.0509. The fraction of sp³-hybridized carbons (Fsp3) is 0.714. The number of ether oxygens (including phenoxy) is 1. The molecule has 5 heteroatoms. The Balaban J connectivity index is 2.17. The topological polar surface area (TPSA) is 63.6 Å². The highest BCUT2D eigenvalue weighted by molar-refractivity contribution is 6.76. The zero-order chi connectivity index (χ0) is 14.2. The molecule has 1 saturated heterocycles. The van der Waals surface area contributed by atoms with Gasteiger partial charge < -0.3 is 9.84 Å². The van der Waals surface area contributed by atoms with Crippen LogP contribution < -0.4 is 0 Å². The van der Waals surface area contributed by atoms with Crippen LogP contribution in [0.25, 0.3) is 0 Å². The van der Waals surface area contributed by atoms with E-state index in [1.54, 1.807) is 0 Å². The highest BCUT2D eigenvalue weighted by Gasteiger charge is 2.46. The first-order valence-corrected chi connectivity index (χ1v) is 10.6. The lowest BCUT2D eigenvalue weighted by molar-refractivity contribution is -0.142. The summed E-state index contributed by atoms with van der Waals surface area (Å²) in [6.07, 6.45) is 4.45. The van der Waals surface area contributed by atoms with E-state index in [1.165, 1.54) is 0 Å². The lowest BCUT2D eigenvalue weighted by atomic mass is 9.75. The van der Waals surface area contributed by atoms with E-state index in [0.29, 0.717) is 6.42 Å². The number of hydrogen-bond acceptors (Lipinski definition) is 3. The van der Waals surface area contributed by atoms with E-state index in [1.807, 2.05) is 6.08 Å². The van der Waals surface area contributed by atoms with E-state index in [4.69, 9.17) is 9.84 Å². The lowest BCUT2D eigenvalue weighted by Crippen LogP contribution is -2.38. The minimum atomic E-state index is -1.24. The quantitative estimate of drug-likeness (QED) is 0.489. The van der Waals surface area contributed by atoms with E-state index in [0.717, 1.165) is 6.04 Å². The van der Waals surface area contributed by atoms with Crippen molar-refractivity contribution in [3.05, 3.63) is 12.2 Å². The third kappa shape index (κ3) is 3.46. The van der Waals surface area contributed by atoms with Crippen LogP contribution in [0.15, 0.2) is 12.2 Å². The van der Waals surface area contributed by atoms with Gasteiger partial charge in [-0.25, -0.2) is 0 Å². The van der Waals surface area contributed by atoms with Gasteiger partial charge >= 0.3 is 11.9 Å². The Morgan fingerprint density at radius 2 is 2.00 bits per heavy atom. The highest BCUT2D eigenvalue weighted by atomic mass is 28.3. The molecule has 2 aliphatic rings. The Morgan fingerprint density at radius 3 is 2.58 bits per heavy atom. The molecule has 0 amide bonds. The van der Waals surface area contributed by atoms with Crippen molar-refractivity contribution in [2.75, 3.05) is 0 Å². The largest absolute Gasteiger partial charge is 0.481 e. The number of carbonyl (C=O) groups is 2. The van der Waals surface area contributed by atoms with Crippen LogP contribution >= 0.6 is 0 Å². The van der Waals surface area contributed by atoms with Crippen LogP contribution in [0.1, 0.15) is 12.8 Å². The Kier molecular flexibility index (Phi) is 3.85. The Hall–Kier alpha value is -1.10. The third-order valence-corrected chi connectivity index (χ3v) is 5.62. The van der Waals surface area contributed by atoms with Crippen LogP contribution in [0.5, 0.6) is 0 Å². The zero-order valence-corrected chi connectivity index (χ0v) is 12.8. The second kappa shape index (κ2) is 5.11. The van der Waals surface area contributed by atoms with Crippen LogP contribution in [0.2, 0.25) is 25.7 Å². The SMILES string of the molecule is C[Si](C)(C)C[C@H]1C=C[C@H](CC(=O)O)[C@@H]2CC(=O)O[C@@H]21. The van der Waals surface area contributed by atoms with Gasteiger partial charge in [-0.05, 0) is 12.0 Å². The second-order valence-electron chi connectivity index (χ2n) is 6.90. The molecule has 0 bridgehead atoms. The second-order valence-corrected chi connectivity index (χ2v) is 12.4. The fourth-order valence-corrected chi connectivity index (χ4v) is 5.03. The number of fused-ring (bicyclic) bond motifs is 1. The normalized spacial score (nSPS) is 33.9. The van der Waals surface area contributed by atoms with Gasteiger partial charge in [0.15, 0.2) is 0 Å². The molecule has 0 aromatic rings. The van der Waals surface area contributed by atoms with Crippen LogP contribution in [-0.2, 0) is 14.3 Å². The van der Waals surface area contributed by atoms with Crippen molar-refractivity contribution in [3.63, 3.8) is 0 Å². The highest BCUT2D eigenvalue weighted by Crippen LogP contribution is 2.42. The molecule has 1 aliphatic carbocycles. The van der Waals surface area contributed by atoms with Gasteiger partial charge in [0.1, 0.15) is 6.10 Å². The van der Waals surface area contributed by atoms with Gasteiger partial charge in [-0.3, -0.25) is 9.59 Å². The molecule has 1 N–H and O–H groups in total. The van der Waals surface area contributed by atoms with Gasteiger partial charge in [0.05, 0.1) is 12.8 Å². The first-order valence-electron chi connectivity index (χ1n) is 6.86. The number of carboxylic acid groups (broad SMARTS) is 1. The molecule has 19 heavy (non-hydrogen) atoms. The van der Waals surface area contributed by atoms with Crippen LogP contribution in [0.4, 0.5) is 0 Å². The molecule has 2 rings (SSSR count). The molecule has 1 aliphatic heterocycles. The summed E-state index contributed by atoms with van der Waals surface area (Å²) in [6.45, 7) is 6.90. The number of carbonyl (C=O) groups excluding carboxylic acids is 1. The third-order valence-electron chi connectivity index (χ3n) is 3.93. The van der Waals surface area contributed by atoms with E-state index < -0.39 is 14.0 Å². The molecule has 106 valence electrons. The average molecular weight is 282 g/mol. The summed E-state index contributed by atoms with van der Waals surface area (Å²) in [5.74, 6) is -0.721. The molecule has 0 aromatic carbocycles. The van der Waals surface area contributed by atoms with E-state index in [2.05, 4.69) is 25.7 Å². The molecular formula is C14H22O4Si. The fourth-order valence-electron chi connectivity index (χ4n) is 3.25. The summed E-state index contributed by atoms with van der Waals surface area (Å²) in [5.41, 5.74) is 0. The number of rotatable bonds is 4. The van der Waals surface area contributed by atoms with Crippen LogP contribution in [0, 0.1) is 17.8 Å². The Labute approximate surface area is 114 Å². The first kappa shape index (κ1) is 14.3. The molecule has 1 fully saturated rings. The molecule has 0 unspecified atom stereocenters. The van der Waals surface area contributed by atoms with Crippen molar-refractivity contribution in [2.45, 2.75) is 44.6 Å². The molecule has 4 nitrogen and oxygen atoms in total. The average Bonchev–Trinajstić information content (AvgIpc) is 2.61. The molecular weight excluding hydrogens is 260 g/mol. The van der Waals surface area contributed by atoms with Gasteiger partial charge in [0, 0.05) is 19.9 Å². The van der Waals surface area contributed by atoms with Crippen molar-refractivity contribution in [2.24, 2.45) is 17.8 Å². The van der Waals surface area contributed by atoms with Crippen molar-refractivity contribution in [3.8, 4) is 0 Å². The molecule has 0 aromatic heterocycles. The van der Waals surface area contributed by atoms with Crippen molar-refractivity contribution in [1.82, 2.24) is 0 Å². The van der Waals surface area contributed by atoms with Gasteiger partial charge in [0.2, 0.25) is 0 Å². The van der Waals surface area contributed by atoms with Crippen molar-refractivity contribution >= 4 is 20.0 Å². The van der Waals surface area contributed by atoms with E-state index in [9.17, 15) is 9.59 Å². The summed E-state index contributed by atoms with van der Waals surface area (Å²) < 4.78 is 5.47. The Bertz CT molecular complexity index is 410. The lowest BCUT2D eigenvalue weighted by Gasteiger charge is -2.35. The molecule has 4 atom stereocenters. The summed E-state index contributed by atoms with van der Waals surface area (Å²) in [7, 11) is -1.24. The number of hydrogen-bond donors (Lipinski definition) is 1. The monoisotopic (exact) mass is 282 g/mol. The number of aliphatic carboxylic acids is 1. The maximum Gasteiger partial charge on any atom is 0.306 e. The van der Waals surface area contributed by atoms with E-state index >= 15 is 0 Å². The van der Waals surface area contributed by atoms with Gasteiger partial charge in [0.25, 0.3) is 0 Å². The first-order chi connectivity index (χ1) is 8.76. The summed E-state index contributed by atoms with van der Waals surface area (Å²) in [6, 6.07) is 1.08. The maximum atomic E-state index is 11.6. The summed E-state index contributed by atoms with van der Waals surface area (Å²) in [5, 5.41) is 8.95. The smallest absolute Gasteiger partial charge is 0.306 e. The minimum Gasteiger partial charge on any atom is -0.481 e. The standard InChI is InChI=1S/C14H22O4Si/c1-19(2,3)8-10-5-4-9(6-12(15)16)11-7-13(17)18-14(10)11/h4-5,9-11,14H,6-8H2,1-3H3,(H,15,16)/t9-,10-,11+,14-/m1/s1. The van der Waals surface area contributed by atoms with Crippen molar-refractivity contribution < 1.29 is 19.4 Å². The number of esters is 1. The molecule has 1 heterocycles. The van der Waals surface area contributed by atoms with Gasteiger partial charge in [-0.15, -0.1) is 0 Å².